The van der Waals surface area contributed by atoms with Crippen LogP contribution in [-0.4, -0.2) is 25.7 Å². The minimum absolute atomic E-state index is 0.0683. The van der Waals surface area contributed by atoms with Crippen LogP contribution in [0.15, 0.2) is 0 Å². The molecule has 1 saturated heterocycles. The van der Waals surface area contributed by atoms with Gasteiger partial charge in [-0.15, -0.1) is 0 Å². The molecule has 1 heterocycles. The molecule has 102 valence electrons. The first-order valence-corrected chi connectivity index (χ1v) is 7.57. The average molecular weight is 251 g/mol. The quantitative estimate of drug-likeness (QED) is 0.766. The Labute approximate surface area is 110 Å². The molecule has 3 aliphatic rings. The summed E-state index contributed by atoms with van der Waals surface area (Å²) in [5.41, 5.74) is 0.959. The third-order valence-corrected chi connectivity index (χ3v) is 5.73. The first-order chi connectivity index (χ1) is 8.70. The molecule has 1 atom stereocenters. The number of hydrogen-bond acceptors (Lipinski definition) is 3. The van der Waals surface area contributed by atoms with Crippen LogP contribution in [0.1, 0.15) is 51.9 Å². The highest BCUT2D eigenvalue weighted by molar-refractivity contribution is 5.77. The Morgan fingerprint density at radius 1 is 1.17 bits per heavy atom. The van der Waals surface area contributed by atoms with Gasteiger partial charge in [-0.05, 0) is 75.8 Å². The Balaban J connectivity index is 1.56. The molecule has 0 amide bonds. The minimum Gasteiger partial charge on any atom is -0.466 e. The van der Waals surface area contributed by atoms with Gasteiger partial charge in [0.2, 0.25) is 0 Å². The van der Waals surface area contributed by atoms with Crippen LogP contribution in [-0.2, 0) is 9.53 Å². The van der Waals surface area contributed by atoms with E-state index in [1.165, 1.54) is 51.6 Å². The van der Waals surface area contributed by atoms with E-state index in [-0.39, 0.29) is 11.9 Å². The molecule has 3 nitrogen and oxygen atoms in total. The van der Waals surface area contributed by atoms with Gasteiger partial charge in [0.05, 0.1) is 12.5 Å². The molecule has 3 heteroatoms. The number of hydrogen-bond donors (Lipinski definition) is 1. The lowest BCUT2D eigenvalue weighted by Gasteiger charge is -2.43. The van der Waals surface area contributed by atoms with Crippen molar-refractivity contribution in [3.05, 3.63) is 0 Å². The molecule has 1 aliphatic heterocycles. The molecule has 18 heavy (non-hydrogen) atoms. The monoisotopic (exact) mass is 251 g/mol. The largest absolute Gasteiger partial charge is 0.466 e. The second-order valence-corrected chi connectivity index (χ2v) is 6.62. The van der Waals surface area contributed by atoms with Crippen molar-refractivity contribution in [2.24, 2.45) is 16.7 Å². The van der Waals surface area contributed by atoms with Gasteiger partial charge in [-0.25, -0.2) is 0 Å². The van der Waals surface area contributed by atoms with Crippen molar-refractivity contribution >= 4 is 5.97 Å². The predicted octanol–water partition coefficient (Wildman–Crippen LogP) is 2.50. The summed E-state index contributed by atoms with van der Waals surface area (Å²) in [6.45, 7) is 4.81. The molecular weight excluding hydrogens is 226 g/mol. The molecule has 1 N–H and O–H groups in total. The minimum atomic E-state index is 0.0683. The molecule has 0 aromatic heterocycles. The summed E-state index contributed by atoms with van der Waals surface area (Å²) in [5, 5.41) is 3.46. The van der Waals surface area contributed by atoms with Crippen molar-refractivity contribution in [1.29, 1.82) is 0 Å². The molecule has 0 radical (unpaired) electrons. The average Bonchev–Trinajstić information content (AvgIpc) is 3.10. The van der Waals surface area contributed by atoms with E-state index in [0.717, 1.165) is 6.42 Å². The highest BCUT2D eigenvalue weighted by Gasteiger charge is 2.60. The topological polar surface area (TPSA) is 38.3 Å². The molecule has 2 saturated carbocycles. The maximum absolute atomic E-state index is 11.8. The van der Waals surface area contributed by atoms with Crippen LogP contribution in [0, 0.1) is 16.7 Å². The fourth-order valence-electron chi connectivity index (χ4n) is 4.21. The van der Waals surface area contributed by atoms with Crippen molar-refractivity contribution in [1.82, 2.24) is 5.32 Å². The summed E-state index contributed by atoms with van der Waals surface area (Å²) in [6, 6.07) is 0. The van der Waals surface area contributed by atoms with Crippen LogP contribution in [0.4, 0.5) is 0 Å². The summed E-state index contributed by atoms with van der Waals surface area (Å²) in [4.78, 5) is 11.8. The van der Waals surface area contributed by atoms with E-state index in [9.17, 15) is 4.79 Å². The fraction of sp³-hybridized carbons (Fsp3) is 0.933. The van der Waals surface area contributed by atoms with E-state index in [4.69, 9.17) is 4.74 Å². The van der Waals surface area contributed by atoms with Gasteiger partial charge >= 0.3 is 5.97 Å². The van der Waals surface area contributed by atoms with E-state index in [0.29, 0.717) is 17.4 Å². The lowest BCUT2D eigenvalue weighted by molar-refractivity contribution is -0.146. The summed E-state index contributed by atoms with van der Waals surface area (Å²) in [6.07, 6.45) is 8.97. The van der Waals surface area contributed by atoms with E-state index in [2.05, 4.69) is 5.32 Å². The molecule has 0 bridgehead atoms. The Hall–Kier alpha value is -0.570. The first-order valence-electron chi connectivity index (χ1n) is 7.57. The molecule has 2 spiro atoms. The van der Waals surface area contributed by atoms with Gasteiger partial charge in [-0.1, -0.05) is 0 Å². The number of piperidine rings is 1. The molecule has 1 unspecified atom stereocenters. The zero-order valence-corrected chi connectivity index (χ0v) is 11.5. The van der Waals surface area contributed by atoms with E-state index < -0.39 is 0 Å². The second-order valence-electron chi connectivity index (χ2n) is 6.62. The van der Waals surface area contributed by atoms with E-state index >= 15 is 0 Å². The fourth-order valence-corrected chi connectivity index (χ4v) is 4.21. The van der Waals surface area contributed by atoms with Crippen LogP contribution in [0.25, 0.3) is 0 Å². The zero-order chi connectivity index (χ0) is 12.6. The number of nitrogens with one attached hydrogen (secondary N) is 1. The SMILES string of the molecule is CCOC(=O)C1CC12CCC1(CCNCC1)CC2. The van der Waals surface area contributed by atoms with Gasteiger partial charge < -0.3 is 10.1 Å². The summed E-state index contributed by atoms with van der Waals surface area (Å²) in [5.74, 6) is 0.301. The normalized spacial score (nSPS) is 32.4. The predicted molar refractivity (Wildman–Crippen MR) is 70.2 cm³/mol. The Bertz CT molecular complexity index is 323. The zero-order valence-electron chi connectivity index (χ0n) is 11.5. The van der Waals surface area contributed by atoms with Gasteiger partial charge in [-0.3, -0.25) is 4.79 Å². The van der Waals surface area contributed by atoms with Gasteiger partial charge in [0.15, 0.2) is 0 Å². The van der Waals surface area contributed by atoms with Crippen LogP contribution >= 0.6 is 0 Å². The summed E-state index contributed by atoms with van der Waals surface area (Å²) in [7, 11) is 0. The summed E-state index contributed by atoms with van der Waals surface area (Å²) < 4.78 is 5.18. The van der Waals surface area contributed by atoms with Crippen LogP contribution < -0.4 is 5.32 Å². The van der Waals surface area contributed by atoms with Crippen LogP contribution in [0.3, 0.4) is 0 Å². The molecule has 3 rings (SSSR count). The van der Waals surface area contributed by atoms with E-state index in [1.807, 2.05) is 6.92 Å². The van der Waals surface area contributed by atoms with Crippen molar-refractivity contribution < 1.29 is 9.53 Å². The van der Waals surface area contributed by atoms with Crippen molar-refractivity contribution in [2.75, 3.05) is 19.7 Å². The molecule has 3 fully saturated rings. The first kappa shape index (κ1) is 12.5. The highest BCUT2D eigenvalue weighted by Crippen LogP contribution is 2.65. The lowest BCUT2D eigenvalue weighted by Crippen LogP contribution is -2.40. The lowest BCUT2D eigenvalue weighted by atomic mass is 9.64. The summed E-state index contributed by atoms with van der Waals surface area (Å²) >= 11 is 0. The van der Waals surface area contributed by atoms with Crippen LogP contribution in [0.2, 0.25) is 0 Å². The molecule has 0 aromatic rings. The van der Waals surface area contributed by atoms with Gasteiger partial charge in [0.25, 0.3) is 0 Å². The van der Waals surface area contributed by atoms with Gasteiger partial charge in [-0.2, -0.15) is 0 Å². The third-order valence-electron chi connectivity index (χ3n) is 5.73. The molecular formula is C15H25NO2. The van der Waals surface area contributed by atoms with E-state index in [1.54, 1.807) is 0 Å². The smallest absolute Gasteiger partial charge is 0.309 e. The van der Waals surface area contributed by atoms with Crippen LogP contribution in [0.5, 0.6) is 0 Å². The third kappa shape index (κ3) is 2.07. The maximum Gasteiger partial charge on any atom is 0.309 e. The second kappa shape index (κ2) is 4.52. The Morgan fingerprint density at radius 3 is 2.44 bits per heavy atom. The van der Waals surface area contributed by atoms with Crippen molar-refractivity contribution in [2.45, 2.75) is 51.9 Å². The van der Waals surface area contributed by atoms with Crippen molar-refractivity contribution in [3.63, 3.8) is 0 Å². The molecule has 2 aliphatic carbocycles. The van der Waals surface area contributed by atoms with Gasteiger partial charge in [0, 0.05) is 0 Å². The number of esters is 1. The maximum atomic E-state index is 11.8. The number of ether oxygens (including phenoxy) is 1. The van der Waals surface area contributed by atoms with Crippen molar-refractivity contribution in [3.8, 4) is 0 Å². The number of carbonyl (C=O) groups excluding carboxylic acids is 1. The number of carbonyl (C=O) groups is 1. The molecule has 0 aromatic carbocycles. The Morgan fingerprint density at radius 2 is 1.83 bits per heavy atom. The number of rotatable bonds is 2. The highest BCUT2D eigenvalue weighted by atomic mass is 16.5. The Kier molecular flexibility index (Phi) is 3.13. The standard InChI is InChI=1S/C15H25NO2/c1-2-18-13(17)12-11-15(12)5-3-14(4-6-15)7-9-16-10-8-14/h12,16H,2-11H2,1H3. The van der Waals surface area contributed by atoms with Gasteiger partial charge in [0.1, 0.15) is 0 Å².